The van der Waals surface area contributed by atoms with Crippen LogP contribution in [0, 0.1) is 0 Å². The highest BCUT2D eigenvalue weighted by Crippen LogP contribution is 1.90. The van der Waals surface area contributed by atoms with Crippen molar-refractivity contribution in [1.29, 1.82) is 0 Å². The Hall–Kier alpha value is -0.160. The Bertz CT molecular complexity index is 122. The van der Waals surface area contributed by atoms with Crippen LogP contribution in [-0.2, 0) is 14.2 Å². The van der Waals surface area contributed by atoms with Gasteiger partial charge in [0, 0.05) is 26.9 Å². The summed E-state index contributed by atoms with van der Waals surface area (Å²) in [6, 6.07) is 0. The van der Waals surface area contributed by atoms with Crippen molar-refractivity contribution in [3.05, 3.63) is 0 Å². The second-order valence-electron chi connectivity index (χ2n) is 3.44. The van der Waals surface area contributed by atoms with E-state index >= 15 is 0 Å². The number of ether oxygens (including phenoxy) is 3. The lowest BCUT2D eigenvalue weighted by atomic mass is 10.4. The third-order valence-corrected chi connectivity index (χ3v) is 1.94. The fourth-order valence-electron chi connectivity index (χ4n) is 1.13. The van der Waals surface area contributed by atoms with Crippen molar-refractivity contribution in [3.8, 4) is 0 Å². The van der Waals surface area contributed by atoms with Crippen molar-refractivity contribution in [3.63, 3.8) is 0 Å². The first-order chi connectivity index (χ1) is 7.31. The van der Waals surface area contributed by atoms with Gasteiger partial charge in [-0.25, -0.2) is 0 Å². The topological polar surface area (TPSA) is 39.7 Å². The van der Waals surface area contributed by atoms with Gasteiger partial charge in [-0.05, 0) is 26.8 Å². The summed E-state index contributed by atoms with van der Waals surface area (Å²) in [5, 5.41) is 3.29. The Kier molecular flexibility index (Phi) is 11.8. The Balaban J connectivity index is 3.02. The zero-order chi connectivity index (χ0) is 11.4. The van der Waals surface area contributed by atoms with Crippen molar-refractivity contribution >= 4 is 0 Å². The molecule has 0 aliphatic heterocycles. The zero-order valence-electron chi connectivity index (χ0n) is 10.3. The fraction of sp³-hybridized carbons (Fsp3) is 1.00. The van der Waals surface area contributed by atoms with Crippen molar-refractivity contribution < 1.29 is 14.2 Å². The van der Waals surface area contributed by atoms with Crippen LogP contribution in [0.15, 0.2) is 0 Å². The Labute approximate surface area is 93.3 Å². The minimum absolute atomic E-state index is 0.186. The highest BCUT2D eigenvalue weighted by atomic mass is 16.5. The summed E-state index contributed by atoms with van der Waals surface area (Å²) in [6.07, 6.45) is 1.23. The molecule has 15 heavy (non-hydrogen) atoms. The Morgan fingerprint density at radius 1 is 1.20 bits per heavy atom. The zero-order valence-corrected chi connectivity index (χ0v) is 10.3. The van der Waals surface area contributed by atoms with Gasteiger partial charge in [-0.3, -0.25) is 0 Å². The number of rotatable bonds is 11. The molecular formula is C11H25NO3. The molecule has 0 fully saturated rings. The van der Waals surface area contributed by atoms with Crippen LogP contribution in [0.25, 0.3) is 0 Å². The number of hydrogen-bond acceptors (Lipinski definition) is 4. The summed E-state index contributed by atoms with van der Waals surface area (Å²) in [4.78, 5) is 0. The van der Waals surface area contributed by atoms with E-state index in [1.54, 1.807) is 7.11 Å². The van der Waals surface area contributed by atoms with Gasteiger partial charge in [0.1, 0.15) is 0 Å². The lowest BCUT2D eigenvalue weighted by molar-refractivity contribution is -0.00192. The first-order valence-electron chi connectivity index (χ1n) is 5.70. The molecule has 0 bridgehead atoms. The molecular weight excluding hydrogens is 194 g/mol. The molecule has 1 atom stereocenters. The molecule has 0 aromatic rings. The monoisotopic (exact) mass is 219 g/mol. The molecule has 1 unspecified atom stereocenters. The van der Waals surface area contributed by atoms with Crippen LogP contribution in [0.5, 0.6) is 0 Å². The van der Waals surface area contributed by atoms with Crippen molar-refractivity contribution in [2.24, 2.45) is 0 Å². The first-order valence-corrected chi connectivity index (χ1v) is 5.70. The van der Waals surface area contributed by atoms with Gasteiger partial charge < -0.3 is 19.5 Å². The van der Waals surface area contributed by atoms with Crippen LogP contribution < -0.4 is 5.32 Å². The van der Waals surface area contributed by atoms with Gasteiger partial charge in [0.05, 0.1) is 19.3 Å². The van der Waals surface area contributed by atoms with E-state index in [1.165, 1.54) is 0 Å². The number of hydrogen-bond donors (Lipinski definition) is 1. The van der Waals surface area contributed by atoms with Gasteiger partial charge in [0.15, 0.2) is 0 Å². The largest absolute Gasteiger partial charge is 0.385 e. The highest BCUT2D eigenvalue weighted by molar-refractivity contribution is 4.50. The SMILES string of the molecule is CCOCC(C)OCCNCCCOC. The summed E-state index contributed by atoms with van der Waals surface area (Å²) in [6.45, 7) is 8.88. The first kappa shape index (κ1) is 14.8. The summed E-state index contributed by atoms with van der Waals surface area (Å²) >= 11 is 0. The van der Waals surface area contributed by atoms with Crippen LogP contribution in [0.3, 0.4) is 0 Å². The molecule has 92 valence electrons. The van der Waals surface area contributed by atoms with E-state index in [4.69, 9.17) is 14.2 Å². The summed E-state index contributed by atoms with van der Waals surface area (Å²) in [5.41, 5.74) is 0. The maximum Gasteiger partial charge on any atom is 0.0781 e. The molecule has 0 aliphatic rings. The third-order valence-electron chi connectivity index (χ3n) is 1.94. The van der Waals surface area contributed by atoms with Crippen LogP contribution >= 0.6 is 0 Å². The van der Waals surface area contributed by atoms with Gasteiger partial charge in [0.25, 0.3) is 0 Å². The third kappa shape index (κ3) is 11.8. The van der Waals surface area contributed by atoms with Crippen molar-refractivity contribution in [2.45, 2.75) is 26.4 Å². The highest BCUT2D eigenvalue weighted by Gasteiger charge is 2.00. The second-order valence-corrected chi connectivity index (χ2v) is 3.44. The molecule has 4 heteroatoms. The van der Waals surface area contributed by atoms with E-state index in [2.05, 4.69) is 5.32 Å². The average Bonchev–Trinajstić information content (AvgIpc) is 2.25. The van der Waals surface area contributed by atoms with Gasteiger partial charge in [-0.15, -0.1) is 0 Å². The van der Waals surface area contributed by atoms with E-state index in [-0.39, 0.29) is 6.10 Å². The van der Waals surface area contributed by atoms with Crippen LogP contribution in [0.1, 0.15) is 20.3 Å². The van der Waals surface area contributed by atoms with Gasteiger partial charge in [-0.2, -0.15) is 0 Å². The smallest absolute Gasteiger partial charge is 0.0781 e. The van der Waals surface area contributed by atoms with E-state index in [9.17, 15) is 0 Å². The molecule has 0 saturated carbocycles. The maximum absolute atomic E-state index is 5.53. The lowest BCUT2D eigenvalue weighted by Crippen LogP contribution is -2.25. The van der Waals surface area contributed by atoms with Gasteiger partial charge in [0.2, 0.25) is 0 Å². The van der Waals surface area contributed by atoms with E-state index in [0.29, 0.717) is 6.61 Å². The molecule has 0 aromatic heterocycles. The molecule has 1 N–H and O–H groups in total. The molecule has 0 amide bonds. The molecule has 0 radical (unpaired) electrons. The molecule has 4 nitrogen and oxygen atoms in total. The van der Waals surface area contributed by atoms with Crippen molar-refractivity contribution in [2.75, 3.05) is 46.6 Å². The van der Waals surface area contributed by atoms with E-state index in [0.717, 1.165) is 39.3 Å². The molecule has 0 aliphatic carbocycles. The van der Waals surface area contributed by atoms with Crippen molar-refractivity contribution in [1.82, 2.24) is 5.32 Å². The molecule has 0 rings (SSSR count). The molecule has 0 aromatic carbocycles. The predicted octanol–water partition coefficient (Wildman–Crippen LogP) is 1.05. The summed E-state index contributed by atoms with van der Waals surface area (Å²) in [5.74, 6) is 0. The normalized spacial score (nSPS) is 13.0. The minimum Gasteiger partial charge on any atom is -0.385 e. The van der Waals surface area contributed by atoms with E-state index < -0.39 is 0 Å². The number of methoxy groups -OCH3 is 1. The van der Waals surface area contributed by atoms with E-state index in [1.807, 2.05) is 13.8 Å². The van der Waals surface area contributed by atoms with Crippen LogP contribution in [-0.4, -0.2) is 52.7 Å². The van der Waals surface area contributed by atoms with Gasteiger partial charge in [-0.1, -0.05) is 0 Å². The molecule has 0 spiro atoms. The van der Waals surface area contributed by atoms with Gasteiger partial charge >= 0.3 is 0 Å². The summed E-state index contributed by atoms with van der Waals surface area (Å²) < 4.78 is 15.7. The minimum atomic E-state index is 0.186. The van der Waals surface area contributed by atoms with Crippen LogP contribution in [0.4, 0.5) is 0 Å². The maximum atomic E-state index is 5.53. The summed E-state index contributed by atoms with van der Waals surface area (Å²) in [7, 11) is 1.72. The Morgan fingerprint density at radius 2 is 2.00 bits per heavy atom. The fourth-order valence-corrected chi connectivity index (χ4v) is 1.13. The molecule has 0 heterocycles. The predicted molar refractivity (Wildman–Crippen MR) is 61.3 cm³/mol. The lowest BCUT2D eigenvalue weighted by Gasteiger charge is -2.13. The molecule has 0 saturated heterocycles. The standard InChI is InChI=1S/C11H25NO3/c1-4-14-10-11(2)15-9-7-12-6-5-8-13-3/h11-12H,4-10H2,1-3H3. The van der Waals surface area contributed by atoms with Crippen LogP contribution in [0.2, 0.25) is 0 Å². The quantitative estimate of drug-likeness (QED) is 0.527. The Morgan fingerprint density at radius 3 is 2.67 bits per heavy atom. The average molecular weight is 219 g/mol. The number of nitrogens with one attached hydrogen (secondary N) is 1. The second kappa shape index (κ2) is 11.9.